The predicted molar refractivity (Wildman–Crippen MR) is 125 cm³/mol. The number of aliphatic hydroxyl groups is 2. The summed E-state index contributed by atoms with van der Waals surface area (Å²) in [7, 11) is 1.60. The van der Waals surface area contributed by atoms with Gasteiger partial charge in [0.05, 0.1) is 6.10 Å². The molecule has 2 N–H and O–H groups in total. The van der Waals surface area contributed by atoms with Gasteiger partial charge in [0.25, 0.3) is 0 Å². The normalized spacial score (nSPS) is 47.3. The highest BCUT2D eigenvalue weighted by molar-refractivity contribution is 5.89. The van der Waals surface area contributed by atoms with Crippen molar-refractivity contribution < 1.29 is 29.2 Å². The first kappa shape index (κ1) is 25.6. The van der Waals surface area contributed by atoms with Gasteiger partial charge in [-0.05, 0) is 85.9 Å². The van der Waals surface area contributed by atoms with E-state index in [1.54, 1.807) is 7.11 Å². The largest absolute Gasteiger partial charge is 0.386 e. The zero-order valence-electron chi connectivity index (χ0n) is 21.3. The second kappa shape index (κ2) is 9.50. The molecular formula is C27H46O6. The Morgan fingerprint density at radius 2 is 1.76 bits per heavy atom. The Balaban J connectivity index is 1.54. The topological polar surface area (TPSA) is 85.2 Å². The lowest BCUT2D eigenvalue weighted by Crippen LogP contribution is -2.72. The molecule has 0 saturated heterocycles. The Kier molecular flexibility index (Phi) is 7.35. The molecule has 190 valence electrons. The van der Waals surface area contributed by atoms with Gasteiger partial charge in [0.15, 0.2) is 5.78 Å². The molecule has 0 spiro atoms. The molecule has 0 aromatic carbocycles. The van der Waals surface area contributed by atoms with Crippen molar-refractivity contribution in [2.45, 2.75) is 96.9 Å². The number of carbonyl (C=O) groups excluding carboxylic acids is 1. The minimum atomic E-state index is -1.33. The summed E-state index contributed by atoms with van der Waals surface area (Å²) in [5.41, 5.74) is -1.68. The van der Waals surface area contributed by atoms with Crippen LogP contribution in [0.15, 0.2) is 0 Å². The molecule has 4 aliphatic carbocycles. The van der Waals surface area contributed by atoms with Crippen molar-refractivity contribution in [3.05, 3.63) is 0 Å². The van der Waals surface area contributed by atoms with Crippen LogP contribution in [0.1, 0.15) is 79.1 Å². The Morgan fingerprint density at radius 3 is 2.45 bits per heavy atom. The highest BCUT2D eigenvalue weighted by Gasteiger charge is 2.71. The maximum Gasteiger partial charge on any atom is 0.167 e. The average Bonchev–Trinajstić information content (AvgIpc) is 3.11. The first-order chi connectivity index (χ1) is 15.6. The molecule has 4 saturated carbocycles. The molecule has 4 fully saturated rings. The van der Waals surface area contributed by atoms with Crippen LogP contribution in [0.5, 0.6) is 0 Å². The molecule has 0 bridgehead atoms. The number of Topliss-reactive ketones (excluding diaryl/α,β-unsaturated/α-hetero) is 1. The number of rotatable bonds is 8. The fraction of sp³-hybridized carbons (Fsp3) is 0.963. The van der Waals surface area contributed by atoms with Crippen LogP contribution in [0.4, 0.5) is 0 Å². The standard InChI is InChI=1S/C27H46O6/c1-17(2)15-32-13-10-18-6-7-21-25(18,3)12-9-22-26(4)11-8-19(33-16-31-5)14-20(26)23(28)24(29)27(21,22)30/h17-22,24,29-30H,6-16H2,1-5H3/t18-,19?,20-,21-,22?,24-,25?,26?,27?/m1/s1. The molecule has 0 heterocycles. The van der Waals surface area contributed by atoms with E-state index in [2.05, 4.69) is 27.7 Å². The lowest BCUT2D eigenvalue weighted by molar-refractivity contribution is -0.258. The molecule has 0 aromatic rings. The van der Waals surface area contributed by atoms with Crippen molar-refractivity contribution in [3.8, 4) is 0 Å². The van der Waals surface area contributed by atoms with Crippen LogP contribution in [0, 0.1) is 40.4 Å². The summed E-state index contributed by atoms with van der Waals surface area (Å²) < 4.78 is 16.8. The van der Waals surface area contributed by atoms with E-state index >= 15 is 0 Å². The number of ether oxygens (including phenoxy) is 3. The number of carbonyl (C=O) groups is 1. The van der Waals surface area contributed by atoms with Gasteiger partial charge in [-0.3, -0.25) is 4.79 Å². The highest BCUT2D eigenvalue weighted by atomic mass is 16.7. The fourth-order valence-electron chi connectivity index (χ4n) is 8.53. The first-order valence-corrected chi connectivity index (χ1v) is 13.2. The number of ketones is 1. The van der Waals surface area contributed by atoms with Gasteiger partial charge in [-0.2, -0.15) is 0 Å². The molecule has 0 aliphatic heterocycles. The predicted octanol–water partition coefficient (Wildman–Crippen LogP) is 3.96. The average molecular weight is 467 g/mol. The van der Waals surface area contributed by atoms with E-state index in [4.69, 9.17) is 14.2 Å². The van der Waals surface area contributed by atoms with Gasteiger partial charge in [-0.15, -0.1) is 0 Å². The van der Waals surface area contributed by atoms with E-state index < -0.39 is 11.7 Å². The fourth-order valence-corrected chi connectivity index (χ4v) is 8.53. The quantitative estimate of drug-likeness (QED) is 0.416. The van der Waals surface area contributed by atoms with E-state index in [-0.39, 0.29) is 47.3 Å². The number of methoxy groups -OCH3 is 1. The van der Waals surface area contributed by atoms with E-state index in [0.717, 1.165) is 58.2 Å². The molecule has 6 nitrogen and oxygen atoms in total. The van der Waals surface area contributed by atoms with Gasteiger partial charge in [0, 0.05) is 26.2 Å². The monoisotopic (exact) mass is 466 g/mol. The van der Waals surface area contributed by atoms with E-state index in [0.29, 0.717) is 18.3 Å². The van der Waals surface area contributed by atoms with Gasteiger partial charge >= 0.3 is 0 Å². The smallest absolute Gasteiger partial charge is 0.167 e. The van der Waals surface area contributed by atoms with Crippen molar-refractivity contribution in [2.75, 3.05) is 27.1 Å². The Bertz CT molecular complexity index is 711. The minimum Gasteiger partial charge on any atom is -0.386 e. The molecule has 5 unspecified atom stereocenters. The van der Waals surface area contributed by atoms with Crippen LogP contribution in [0.2, 0.25) is 0 Å². The van der Waals surface area contributed by atoms with Crippen LogP contribution in [-0.4, -0.2) is 60.9 Å². The van der Waals surface area contributed by atoms with Crippen LogP contribution in [-0.2, 0) is 19.0 Å². The molecule has 0 amide bonds. The second-order valence-electron chi connectivity index (χ2n) is 12.4. The van der Waals surface area contributed by atoms with Crippen LogP contribution < -0.4 is 0 Å². The van der Waals surface area contributed by atoms with Crippen molar-refractivity contribution in [1.82, 2.24) is 0 Å². The van der Waals surface area contributed by atoms with Crippen LogP contribution >= 0.6 is 0 Å². The third-order valence-electron chi connectivity index (χ3n) is 10.3. The third-order valence-corrected chi connectivity index (χ3v) is 10.3. The van der Waals surface area contributed by atoms with Gasteiger partial charge in [-0.1, -0.05) is 27.7 Å². The Hall–Kier alpha value is -0.530. The number of hydrogen-bond donors (Lipinski definition) is 2. The summed E-state index contributed by atoms with van der Waals surface area (Å²) in [4.78, 5) is 13.6. The molecule has 0 aromatic heterocycles. The van der Waals surface area contributed by atoms with Gasteiger partial charge in [0.1, 0.15) is 18.5 Å². The van der Waals surface area contributed by atoms with Gasteiger partial charge < -0.3 is 24.4 Å². The molecule has 9 atom stereocenters. The zero-order chi connectivity index (χ0) is 24.0. The van der Waals surface area contributed by atoms with Gasteiger partial charge in [0.2, 0.25) is 0 Å². The third kappa shape index (κ3) is 4.12. The molecule has 4 rings (SSSR count). The van der Waals surface area contributed by atoms with Crippen LogP contribution in [0.25, 0.3) is 0 Å². The molecule has 0 radical (unpaired) electrons. The number of hydrogen-bond acceptors (Lipinski definition) is 6. The zero-order valence-corrected chi connectivity index (χ0v) is 21.3. The summed E-state index contributed by atoms with van der Waals surface area (Å²) in [5.74, 6) is 0.457. The van der Waals surface area contributed by atoms with Crippen molar-refractivity contribution >= 4 is 5.78 Å². The van der Waals surface area contributed by atoms with E-state index in [9.17, 15) is 15.0 Å². The first-order valence-electron chi connectivity index (χ1n) is 13.2. The summed E-state index contributed by atoms with van der Waals surface area (Å²) >= 11 is 0. The Morgan fingerprint density at radius 1 is 1.06 bits per heavy atom. The lowest BCUT2D eigenvalue weighted by Gasteiger charge is -2.65. The van der Waals surface area contributed by atoms with Crippen LogP contribution in [0.3, 0.4) is 0 Å². The van der Waals surface area contributed by atoms with E-state index in [1.807, 2.05) is 0 Å². The summed E-state index contributed by atoms with van der Waals surface area (Å²) in [6.07, 6.45) is 5.81. The van der Waals surface area contributed by atoms with Gasteiger partial charge in [-0.25, -0.2) is 0 Å². The SMILES string of the molecule is COCOC1CCC2(C)C3CCC4(C)[C@@H](CCOCC(C)C)CC[C@H]4C3(O)[C@H](O)C(=O)[C@H]2C1. The molecule has 6 heteroatoms. The molecule has 33 heavy (non-hydrogen) atoms. The van der Waals surface area contributed by atoms with Crippen molar-refractivity contribution in [3.63, 3.8) is 0 Å². The molecular weight excluding hydrogens is 420 g/mol. The number of fused-ring (bicyclic) bond motifs is 5. The van der Waals surface area contributed by atoms with E-state index in [1.165, 1.54) is 0 Å². The van der Waals surface area contributed by atoms with Crippen molar-refractivity contribution in [2.24, 2.45) is 40.4 Å². The minimum absolute atomic E-state index is 0.0269. The second-order valence-corrected chi connectivity index (χ2v) is 12.4. The van der Waals surface area contributed by atoms with Crippen molar-refractivity contribution in [1.29, 1.82) is 0 Å². The highest BCUT2D eigenvalue weighted by Crippen LogP contribution is 2.68. The maximum absolute atomic E-state index is 13.6. The number of aliphatic hydroxyl groups excluding tert-OH is 1. The summed E-state index contributed by atoms with van der Waals surface area (Å²) in [6, 6.07) is 0. The summed E-state index contributed by atoms with van der Waals surface area (Å²) in [6.45, 7) is 10.6. The lowest BCUT2D eigenvalue weighted by atomic mass is 9.41. The summed E-state index contributed by atoms with van der Waals surface area (Å²) in [5, 5.41) is 23.7. The molecule has 4 aliphatic rings. The Labute approximate surface area is 199 Å². The maximum atomic E-state index is 13.6.